The standard InChI is InChI=1S/C24H35N3O6S2/c1-5-19-7-9-21(32-3)23(17-19)34(28,29)25-11-12-26-13-15-27(16-14-26)35(30,31)24-18-20(6-2)8-10-22(24)33-4/h7-10,17-18,25H,5-6,11-16H2,1-4H3. The summed E-state index contributed by atoms with van der Waals surface area (Å²) in [5.41, 5.74) is 1.83. The second-order valence-electron chi connectivity index (χ2n) is 8.32. The fraction of sp³-hybridized carbons (Fsp3) is 0.500. The Morgan fingerprint density at radius 1 is 0.800 bits per heavy atom. The quantitative estimate of drug-likeness (QED) is 0.479. The van der Waals surface area contributed by atoms with Crippen molar-refractivity contribution < 1.29 is 26.3 Å². The summed E-state index contributed by atoms with van der Waals surface area (Å²) in [5.74, 6) is 0.637. The molecular weight excluding hydrogens is 490 g/mol. The van der Waals surface area contributed by atoms with Gasteiger partial charge in [0.05, 0.1) is 14.2 Å². The first-order chi connectivity index (χ1) is 16.7. The van der Waals surface area contributed by atoms with Gasteiger partial charge in [0.1, 0.15) is 21.3 Å². The van der Waals surface area contributed by atoms with Crippen LogP contribution in [0.5, 0.6) is 11.5 Å². The minimum atomic E-state index is -3.74. The smallest absolute Gasteiger partial charge is 0.246 e. The van der Waals surface area contributed by atoms with E-state index >= 15 is 0 Å². The van der Waals surface area contributed by atoms with Crippen LogP contribution in [0.1, 0.15) is 25.0 Å². The maximum Gasteiger partial charge on any atom is 0.246 e. The van der Waals surface area contributed by atoms with Crippen molar-refractivity contribution in [3.63, 3.8) is 0 Å². The molecule has 194 valence electrons. The number of nitrogens with zero attached hydrogens (tertiary/aromatic N) is 2. The first kappa shape index (κ1) is 27.4. The summed E-state index contributed by atoms with van der Waals surface area (Å²) < 4.78 is 66.9. The first-order valence-electron chi connectivity index (χ1n) is 11.7. The van der Waals surface area contributed by atoms with E-state index in [1.807, 2.05) is 30.9 Å². The number of aryl methyl sites for hydroxylation is 2. The van der Waals surface area contributed by atoms with E-state index in [0.717, 1.165) is 17.5 Å². The van der Waals surface area contributed by atoms with Crippen molar-refractivity contribution in [1.82, 2.24) is 13.9 Å². The Morgan fingerprint density at radius 3 is 1.83 bits per heavy atom. The largest absolute Gasteiger partial charge is 0.495 e. The van der Waals surface area contributed by atoms with Gasteiger partial charge >= 0.3 is 0 Å². The van der Waals surface area contributed by atoms with E-state index < -0.39 is 20.0 Å². The SMILES string of the molecule is CCc1ccc(OC)c(S(=O)(=O)NCCN2CCN(S(=O)(=O)c3cc(CC)ccc3OC)CC2)c1. The van der Waals surface area contributed by atoms with Crippen molar-refractivity contribution in [1.29, 1.82) is 0 Å². The molecule has 0 aromatic heterocycles. The maximum absolute atomic E-state index is 13.3. The van der Waals surface area contributed by atoms with E-state index in [2.05, 4.69) is 4.72 Å². The van der Waals surface area contributed by atoms with Gasteiger partial charge in [-0.05, 0) is 48.2 Å². The molecule has 0 spiro atoms. The molecule has 1 aliphatic rings. The molecule has 35 heavy (non-hydrogen) atoms. The number of sulfonamides is 2. The summed E-state index contributed by atoms with van der Waals surface area (Å²) in [6.45, 7) is 6.26. The predicted octanol–water partition coefficient (Wildman–Crippen LogP) is 2.11. The van der Waals surface area contributed by atoms with Gasteiger partial charge in [-0.15, -0.1) is 0 Å². The monoisotopic (exact) mass is 525 g/mol. The molecule has 1 heterocycles. The highest BCUT2D eigenvalue weighted by Gasteiger charge is 2.31. The van der Waals surface area contributed by atoms with E-state index in [1.165, 1.54) is 18.5 Å². The van der Waals surface area contributed by atoms with Crippen LogP contribution in [0.3, 0.4) is 0 Å². The molecule has 0 amide bonds. The van der Waals surface area contributed by atoms with E-state index in [0.29, 0.717) is 50.6 Å². The summed E-state index contributed by atoms with van der Waals surface area (Å²) in [4.78, 5) is 2.36. The second kappa shape index (κ2) is 11.7. The molecular formula is C24H35N3O6S2. The third-order valence-electron chi connectivity index (χ3n) is 6.23. The minimum absolute atomic E-state index is 0.124. The van der Waals surface area contributed by atoms with E-state index in [1.54, 1.807) is 24.3 Å². The molecule has 11 heteroatoms. The van der Waals surface area contributed by atoms with Gasteiger partial charge in [0.15, 0.2) is 0 Å². The van der Waals surface area contributed by atoms with Gasteiger partial charge in [0, 0.05) is 39.3 Å². The first-order valence-corrected chi connectivity index (χ1v) is 14.6. The van der Waals surface area contributed by atoms with Crippen LogP contribution in [0.25, 0.3) is 0 Å². The number of rotatable bonds is 11. The van der Waals surface area contributed by atoms with Crippen molar-refractivity contribution in [3.05, 3.63) is 47.5 Å². The van der Waals surface area contributed by atoms with Crippen molar-refractivity contribution in [2.45, 2.75) is 36.5 Å². The van der Waals surface area contributed by atoms with Crippen molar-refractivity contribution in [3.8, 4) is 11.5 Å². The van der Waals surface area contributed by atoms with Crippen molar-refractivity contribution in [2.75, 3.05) is 53.5 Å². The molecule has 1 saturated heterocycles. The number of benzene rings is 2. The summed E-state index contributed by atoms with van der Waals surface area (Å²) in [5, 5.41) is 0. The highest BCUT2D eigenvalue weighted by molar-refractivity contribution is 7.89. The van der Waals surface area contributed by atoms with Crippen LogP contribution in [0.15, 0.2) is 46.2 Å². The molecule has 0 aliphatic carbocycles. The topological polar surface area (TPSA) is 105 Å². The van der Waals surface area contributed by atoms with Gasteiger partial charge in [-0.25, -0.2) is 21.6 Å². The average Bonchev–Trinajstić information content (AvgIpc) is 2.88. The Bertz CT molecular complexity index is 1220. The number of hydrogen-bond acceptors (Lipinski definition) is 7. The molecule has 2 aromatic rings. The van der Waals surface area contributed by atoms with Gasteiger partial charge < -0.3 is 9.47 Å². The summed E-state index contributed by atoms with van der Waals surface area (Å²) in [6, 6.07) is 10.4. The summed E-state index contributed by atoms with van der Waals surface area (Å²) in [7, 11) is -4.53. The Labute approximate surface area is 209 Å². The van der Waals surface area contributed by atoms with Crippen LogP contribution in [0, 0.1) is 0 Å². The third-order valence-corrected chi connectivity index (χ3v) is 9.63. The van der Waals surface area contributed by atoms with Gasteiger partial charge in [0.25, 0.3) is 0 Å². The zero-order valence-corrected chi connectivity index (χ0v) is 22.4. The van der Waals surface area contributed by atoms with Crippen LogP contribution < -0.4 is 14.2 Å². The van der Waals surface area contributed by atoms with Crippen molar-refractivity contribution in [2.24, 2.45) is 0 Å². The lowest BCUT2D eigenvalue weighted by molar-refractivity contribution is 0.191. The molecule has 3 rings (SSSR count). The van der Waals surface area contributed by atoms with E-state index in [9.17, 15) is 16.8 Å². The molecule has 0 atom stereocenters. The van der Waals surface area contributed by atoms with Gasteiger partial charge in [0.2, 0.25) is 20.0 Å². The number of nitrogens with one attached hydrogen (secondary N) is 1. The van der Waals surface area contributed by atoms with Crippen LogP contribution in [0.2, 0.25) is 0 Å². The molecule has 0 saturated carbocycles. The number of ether oxygens (including phenoxy) is 2. The van der Waals surface area contributed by atoms with Crippen LogP contribution in [0.4, 0.5) is 0 Å². The van der Waals surface area contributed by atoms with E-state index in [4.69, 9.17) is 9.47 Å². The number of methoxy groups -OCH3 is 2. The average molecular weight is 526 g/mol. The Morgan fingerprint density at radius 2 is 1.31 bits per heavy atom. The normalized spacial score (nSPS) is 15.8. The number of hydrogen-bond donors (Lipinski definition) is 1. The maximum atomic E-state index is 13.3. The molecule has 0 radical (unpaired) electrons. The molecule has 1 N–H and O–H groups in total. The van der Waals surface area contributed by atoms with Crippen LogP contribution >= 0.6 is 0 Å². The predicted molar refractivity (Wildman–Crippen MR) is 135 cm³/mol. The zero-order valence-electron chi connectivity index (χ0n) is 20.8. The fourth-order valence-electron chi connectivity index (χ4n) is 4.04. The minimum Gasteiger partial charge on any atom is -0.495 e. The molecule has 1 aliphatic heterocycles. The van der Waals surface area contributed by atoms with Crippen LogP contribution in [-0.2, 0) is 32.9 Å². The second-order valence-corrected chi connectivity index (χ2v) is 12.0. The third kappa shape index (κ3) is 6.34. The highest BCUT2D eigenvalue weighted by Crippen LogP contribution is 2.29. The Balaban J connectivity index is 1.60. The lowest BCUT2D eigenvalue weighted by Crippen LogP contribution is -2.50. The summed E-state index contributed by atoms with van der Waals surface area (Å²) in [6.07, 6.45) is 1.44. The fourth-order valence-corrected chi connectivity index (χ4v) is 6.91. The Hall–Kier alpha value is -2.18. The molecule has 0 unspecified atom stereocenters. The molecule has 2 aromatic carbocycles. The Kier molecular flexibility index (Phi) is 9.16. The zero-order chi connectivity index (χ0) is 25.6. The van der Waals surface area contributed by atoms with Gasteiger partial charge in [-0.3, -0.25) is 4.90 Å². The molecule has 0 bridgehead atoms. The summed E-state index contributed by atoms with van der Waals surface area (Å²) >= 11 is 0. The lowest BCUT2D eigenvalue weighted by Gasteiger charge is -2.34. The molecule has 9 nitrogen and oxygen atoms in total. The van der Waals surface area contributed by atoms with Gasteiger partial charge in [-0.1, -0.05) is 26.0 Å². The van der Waals surface area contributed by atoms with Gasteiger partial charge in [-0.2, -0.15) is 4.31 Å². The highest BCUT2D eigenvalue weighted by atomic mass is 32.2. The number of piperazine rings is 1. The van der Waals surface area contributed by atoms with E-state index in [-0.39, 0.29) is 16.3 Å². The van der Waals surface area contributed by atoms with Crippen LogP contribution in [-0.4, -0.2) is 79.5 Å². The van der Waals surface area contributed by atoms with Crippen molar-refractivity contribution >= 4 is 20.0 Å². The molecule has 1 fully saturated rings. The lowest BCUT2D eigenvalue weighted by atomic mass is 10.2.